The number of nitrogens with one attached hydrogen (secondary N) is 2. The summed E-state index contributed by atoms with van der Waals surface area (Å²) in [5, 5.41) is 4.14. The first-order valence-electron chi connectivity index (χ1n) is 9.96. The van der Waals surface area contributed by atoms with Gasteiger partial charge in [0.25, 0.3) is 0 Å². The van der Waals surface area contributed by atoms with Gasteiger partial charge in [0.05, 0.1) is 5.41 Å². The van der Waals surface area contributed by atoms with Gasteiger partial charge in [0, 0.05) is 23.5 Å². The Labute approximate surface area is 172 Å². The minimum absolute atomic E-state index is 0.0321. The number of rotatable bonds is 4. The Balaban J connectivity index is 1.21. The first kappa shape index (κ1) is 17.1. The van der Waals surface area contributed by atoms with Gasteiger partial charge >= 0.3 is 0 Å². The topological polar surface area (TPSA) is 76.2 Å². The van der Waals surface area contributed by atoms with E-state index >= 15 is 0 Å². The summed E-state index contributed by atoms with van der Waals surface area (Å²) in [5.74, 6) is 1.95. The van der Waals surface area contributed by atoms with Crippen LogP contribution in [0.1, 0.15) is 18.4 Å². The zero-order chi connectivity index (χ0) is 20.1. The third-order valence-electron chi connectivity index (χ3n) is 6.00. The standard InChI is InChI=1S/C24H19N3O3/c28-23(24(8-9-24)18-3-5-20-21(12-18)30-14-29-20)27-22-6-2-17(13-26-22)15-1-4-19-16(11-15)7-10-25-19/h1-7,10-13,25H,8-9,14H2,(H,26,27,28). The second kappa shape index (κ2) is 6.35. The van der Waals surface area contributed by atoms with Crippen LogP contribution < -0.4 is 14.8 Å². The summed E-state index contributed by atoms with van der Waals surface area (Å²) in [6, 6.07) is 17.9. The van der Waals surface area contributed by atoms with Crippen LogP contribution in [-0.4, -0.2) is 22.7 Å². The highest BCUT2D eigenvalue weighted by Crippen LogP contribution is 2.51. The molecule has 2 aliphatic rings. The van der Waals surface area contributed by atoms with Crippen LogP contribution >= 0.6 is 0 Å². The molecule has 3 heterocycles. The monoisotopic (exact) mass is 397 g/mol. The maximum atomic E-state index is 13.0. The van der Waals surface area contributed by atoms with Crippen molar-refractivity contribution >= 4 is 22.6 Å². The SMILES string of the molecule is O=C(Nc1ccc(-c2ccc3[nH]ccc3c2)cn1)C1(c2ccc3c(c2)OCO3)CC1. The highest BCUT2D eigenvalue weighted by atomic mass is 16.7. The molecular formula is C24H19N3O3. The summed E-state index contributed by atoms with van der Waals surface area (Å²) in [7, 11) is 0. The molecule has 1 aliphatic heterocycles. The lowest BCUT2D eigenvalue weighted by Gasteiger charge is -2.16. The molecule has 1 amide bonds. The van der Waals surface area contributed by atoms with Crippen molar-refractivity contribution in [2.24, 2.45) is 0 Å². The predicted octanol–water partition coefficient (Wildman–Crippen LogP) is 4.63. The van der Waals surface area contributed by atoms with Gasteiger partial charge in [-0.2, -0.15) is 0 Å². The second-order valence-electron chi connectivity index (χ2n) is 7.82. The van der Waals surface area contributed by atoms with Crippen LogP contribution in [0.25, 0.3) is 22.0 Å². The van der Waals surface area contributed by atoms with Gasteiger partial charge < -0.3 is 19.8 Å². The highest BCUT2D eigenvalue weighted by Gasteiger charge is 2.51. The predicted molar refractivity (Wildman–Crippen MR) is 114 cm³/mol. The fourth-order valence-electron chi connectivity index (χ4n) is 4.07. The number of aromatic nitrogens is 2. The quantitative estimate of drug-likeness (QED) is 0.526. The molecule has 0 unspecified atom stereocenters. The van der Waals surface area contributed by atoms with Gasteiger partial charge in [-0.15, -0.1) is 0 Å². The Hall–Kier alpha value is -3.80. The number of amides is 1. The number of carbonyl (C=O) groups excluding carboxylic acids is 1. The van der Waals surface area contributed by atoms with Crippen LogP contribution in [0.5, 0.6) is 11.5 Å². The van der Waals surface area contributed by atoms with E-state index in [1.54, 1.807) is 6.20 Å². The maximum absolute atomic E-state index is 13.0. The minimum atomic E-state index is -0.513. The van der Waals surface area contributed by atoms with Gasteiger partial charge in [0.15, 0.2) is 11.5 Å². The molecule has 0 atom stereocenters. The van der Waals surface area contributed by atoms with Crippen LogP contribution in [0.3, 0.4) is 0 Å². The largest absolute Gasteiger partial charge is 0.454 e. The molecule has 0 radical (unpaired) electrons. The molecule has 1 saturated carbocycles. The number of H-pyrrole nitrogens is 1. The van der Waals surface area contributed by atoms with Gasteiger partial charge in [0.2, 0.25) is 12.7 Å². The van der Waals surface area contributed by atoms with Crippen LogP contribution in [0.15, 0.2) is 67.0 Å². The summed E-state index contributed by atoms with van der Waals surface area (Å²) in [5.41, 5.74) is 3.65. The number of aromatic amines is 1. The fourth-order valence-corrected chi connectivity index (χ4v) is 4.07. The van der Waals surface area contributed by atoms with Gasteiger partial charge in [0.1, 0.15) is 5.82 Å². The lowest BCUT2D eigenvalue weighted by molar-refractivity contribution is -0.118. The molecule has 0 bridgehead atoms. The normalized spacial score (nSPS) is 15.9. The molecule has 6 heteroatoms. The average molecular weight is 397 g/mol. The van der Waals surface area contributed by atoms with E-state index in [2.05, 4.69) is 33.5 Å². The molecule has 0 spiro atoms. The number of nitrogens with zero attached hydrogens (tertiary/aromatic N) is 1. The average Bonchev–Trinajstić information content (AvgIpc) is 3.23. The molecule has 2 N–H and O–H groups in total. The van der Waals surface area contributed by atoms with Crippen LogP contribution in [0.4, 0.5) is 5.82 Å². The van der Waals surface area contributed by atoms with Crippen molar-refractivity contribution < 1.29 is 14.3 Å². The molecule has 30 heavy (non-hydrogen) atoms. The molecule has 1 aliphatic carbocycles. The van der Waals surface area contributed by atoms with Crippen LogP contribution in [-0.2, 0) is 10.2 Å². The summed E-state index contributed by atoms with van der Waals surface area (Å²) >= 11 is 0. The first-order chi connectivity index (χ1) is 14.7. The number of hydrogen-bond donors (Lipinski definition) is 2. The van der Waals surface area contributed by atoms with Crippen molar-refractivity contribution in [1.29, 1.82) is 0 Å². The molecule has 6 nitrogen and oxygen atoms in total. The highest BCUT2D eigenvalue weighted by molar-refractivity contribution is 6.01. The molecule has 1 fully saturated rings. The summed E-state index contributed by atoms with van der Waals surface area (Å²) in [4.78, 5) is 20.7. The number of carbonyl (C=O) groups is 1. The Morgan fingerprint density at radius 2 is 1.83 bits per heavy atom. The van der Waals surface area contributed by atoms with Crippen LogP contribution in [0, 0.1) is 0 Å². The van der Waals surface area contributed by atoms with E-state index in [1.807, 2.05) is 42.6 Å². The molecule has 2 aromatic heterocycles. The zero-order valence-electron chi connectivity index (χ0n) is 16.1. The second-order valence-corrected chi connectivity index (χ2v) is 7.82. The van der Waals surface area contributed by atoms with E-state index in [0.717, 1.165) is 46.2 Å². The Morgan fingerprint density at radius 1 is 0.967 bits per heavy atom. The number of benzene rings is 2. The molecule has 2 aromatic carbocycles. The van der Waals surface area contributed by atoms with Gasteiger partial charge in [-0.05, 0) is 71.8 Å². The number of anilines is 1. The Bertz CT molecular complexity index is 1270. The van der Waals surface area contributed by atoms with Gasteiger partial charge in [-0.25, -0.2) is 4.98 Å². The van der Waals surface area contributed by atoms with E-state index in [0.29, 0.717) is 11.6 Å². The van der Waals surface area contributed by atoms with E-state index in [9.17, 15) is 4.79 Å². The molecule has 4 aromatic rings. The lowest BCUT2D eigenvalue weighted by Crippen LogP contribution is -2.28. The van der Waals surface area contributed by atoms with Crippen LogP contribution in [0.2, 0.25) is 0 Å². The minimum Gasteiger partial charge on any atom is -0.454 e. The maximum Gasteiger partial charge on any atom is 0.236 e. The number of hydrogen-bond acceptors (Lipinski definition) is 4. The van der Waals surface area contributed by atoms with Crippen molar-refractivity contribution in [3.8, 4) is 22.6 Å². The molecule has 0 saturated heterocycles. The molecular weight excluding hydrogens is 378 g/mol. The van der Waals surface area contributed by atoms with Gasteiger partial charge in [-0.1, -0.05) is 12.1 Å². The number of ether oxygens (including phenoxy) is 2. The van der Waals surface area contributed by atoms with Crippen molar-refractivity contribution in [1.82, 2.24) is 9.97 Å². The Morgan fingerprint density at radius 3 is 2.67 bits per heavy atom. The van der Waals surface area contributed by atoms with E-state index in [4.69, 9.17) is 9.47 Å². The fraction of sp³-hybridized carbons (Fsp3) is 0.167. The van der Waals surface area contributed by atoms with Crippen molar-refractivity contribution in [2.75, 3.05) is 12.1 Å². The Kier molecular flexibility index (Phi) is 3.62. The smallest absolute Gasteiger partial charge is 0.236 e. The van der Waals surface area contributed by atoms with Gasteiger partial charge in [-0.3, -0.25) is 4.79 Å². The third-order valence-corrected chi connectivity index (χ3v) is 6.00. The van der Waals surface area contributed by atoms with Crippen molar-refractivity contribution in [3.63, 3.8) is 0 Å². The van der Waals surface area contributed by atoms with E-state index in [1.165, 1.54) is 0 Å². The third kappa shape index (κ3) is 2.72. The molecule has 6 rings (SSSR count). The number of fused-ring (bicyclic) bond motifs is 2. The zero-order valence-corrected chi connectivity index (χ0v) is 16.1. The summed E-state index contributed by atoms with van der Waals surface area (Å²) in [6.45, 7) is 0.227. The first-order valence-corrected chi connectivity index (χ1v) is 9.96. The summed E-state index contributed by atoms with van der Waals surface area (Å²) in [6.07, 6.45) is 5.35. The van der Waals surface area contributed by atoms with Crippen molar-refractivity contribution in [3.05, 3.63) is 72.6 Å². The number of pyridine rings is 1. The van der Waals surface area contributed by atoms with E-state index in [-0.39, 0.29) is 12.7 Å². The molecule has 148 valence electrons. The van der Waals surface area contributed by atoms with Crippen molar-refractivity contribution in [2.45, 2.75) is 18.3 Å². The lowest BCUT2D eigenvalue weighted by atomic mass is 9.94. The van der Waals surface area contributed by atoms with E-state index < -0.39 is 5.41 Å². The summed E-state index contributed by atoms with van der Waals surface area (Å²) < 4.78 is 10.8.